The molecule has 0 aliphatic heterocycles. The summed E-state index contributed by atoms with van der Waals surface area (Å²) in [6, 6.07) is 7.76. The first kappa shape index (κ1) is 18.1. The lowest BCUT2D eigenvalue weighted by atomic mass is 9.81. The summed E-state index contributed by atoms with van der Waals surface area (Å²) in [5.41, 5.74) is 0.693. The predicted molar refractivity (Wildman–Crippen MR) is 89.5 cm³/mol. The van der Waals surface area contributed by atoms with Crippen molar-refractivity contribution >= 4 is 34.8 Å². The van der Waals surface area contributed by atoms with Crippen molar-refractivity contribution in [3.63, 3.8) is 0 Å². The Balaban J connectivity index is 2.66. The SMILES string of the molecule is CC(C)CCOCCC(CCl)(CCl)c1ccccc1Cl. The second-order valence-electron chi connectivity index (χ2n) is 5.57. The average molecular weight is 338 g/mol. The molecule has 0 saturated carbocycles. The van der Waals surface area contributed by atoms with Gasteiger partial charge in [0.2, 0.25) is 0 Å². The van der Waals surface area contributed by atoms with Crippen LogP contribution in [0, 0.1) is 5.92 Å². The molecule has 0 radical (unpaired) electrons. The van der Waals surface area contributed by atoms with E-state index in [-0.39, 0.29) is 5.41 Å². The molecule has 0 amide bonds. The average Bonchev–Trinajstić information content (AvgIpc) is 2.44. The molecule has 0 N–H and O–H groups in total. The zero-order chi connectivity index (χ0) is 15.0. The maximum Gasteiger partial charge on any atom is 0.0475 e. The molecule has 20 heavy (non-hydrogen) atoms. The zero-order valence-corrected chi connectivity index (χ0v) is 14.4. The van der Waals surface area contributed by atoms with Gasteiger partial charge in [-0.05, 0) is 30.4 Å². The summed E-state index contributed by atoms with van der Waals surface area (Å²) in [5.74, 6) is 1.53. The van der Waals surface area contributed by atoms with Crippen LogP contribution in [-0.2, 0) is 10.2 Å². The molecule has 1 rings (SSSR count). The third-order valence-corrected chi connectivity index (χ3v) is 4.87. The molecule has 1 aromatic carbocycles. The molecule has 0 heterocycles. The molecule has 0 saturated heterocycles. The van der Waals surface area contributed by atoms with Crippen LogP contribution in [0.25, 0.3) is 0 Å². The summed E-state index contributed by atoms with van der Waals surface area (Å²) in [6.45, 7) is 5.81. The number of hydrogen-bond donors (Lipinski definition) is 0. The van der Waals surface area contributed by atoms with Crippen LogP contribution >= 0.6 is 34.8 Å². The van der Waals surface area contributed by atoms with Gasteiger partial charge in [-0.25, -0.2) is 0 Å². The van der Waals surface area contributed by atoms with E-state index in [4.69, 9.17) is 39.5 Å². The van der Waals surface area contributed by atoms with Gasteiger partial charge < -0.3 is 4.74 Å². The summed E-state index contributed by atoms with van der Waals surface area (Å²) in [7, 11) is 0. The molecule has 114 valence electrons. The van der Waals surface area contributed by atoms with Crippen LogP contribution in [0.3, 0.4) is 0 Å². The maximum absolute atomic E-state index is 6.29. The molecule has 0 aliphatic rings. The molecule has 0 spiro atoms. The Morgan fingerprint density at radius 2 is 1.75 bits per heavy atom. The highest BCUT2D eigenvalue weighted by atomic mass is 35.5. The molecule has 1 aromatic rings. The Morgan fingerprint density at radius 1 is 1.10 bits per heavy atom. The Morgan fingerprint density at radius 3 is 2.30 bits per heavy atom. The highest BCUT2D eigenvalue weighted by Crippen LogP contribution is 2.35. The number of alkyl halides is 2. The van der Waals surface area contributed by atoms with Gasteiger partial charge >= 0.3 is 0 Å². The van der Waals surface area contributed by atoms with Crippen LogP contribution in [0.2, 0.25) is 5.02 Å². The smallest absolute Gasteiger partial charge is 0.0475 e. The van der Waals surface area contributed by atoms with Gasteiger partial charge in [0.25, 0.3) is 0 Å². The minimum atomic E-state index is -0.320. The lowest BCUT2D eigenvalue weighted by molar-refractivity contribution is 0.110. The van der Waals surface area contributed by atoms with Gasteiger partial charge in [-0.2, -0.15) is 0 Å². The number of halogens is 3. The maximum atomic E-state index is 6.29. The summed E-state index contributed by atoms with van der Waals surface area (Å²) in [5, 5.41) is 0.719. The van der Waals surface area contributed by atoms with E-state index in [0.29, 0.717) is 24.3 Å². The van der Waals surface area contributed by atoms with Crippen LogP contribution in [-0.4, -0.2) is 25.0 Å². The van der Waals surface area contributed by atoms with Crippen LogP contribution in [0.5, 0.6) is 0 Å². The number of hydrogen-bond acceptors (Lipinski definition) is 1. The van der Waals surface area contributed by atoms with Crippen molar-refractivity contribution in [1.82, 2.24) is 0 Å². The van der Waals surface area contributed by atoms with Gasteiger partial charge in [0.15, 0.2) is 0 Å². The second-order valence-corrected chi connectivity index (χ2v) is 6.51. The molecule has 4 heteroatoms. The molecular weight excluding hydrogens is 315 g/mol. The molecule has 0 fully saturated rings. The van der Waals surface area contributed by atoms with E-state index in [1.165, 1.54) is 0 Å². The quantitative estimate of drug-likeness (QED) is 0.426. The second kappa shape index (κ2) is 9.15. The van der Waals surface area contributed by atoms with Gasteiger partial charge in [0.1, 0.15) is 0 Å². The molecule has 0 aromatic heterocycles. The highest BCUT2D eigenvalue weighted by Gasteiger charge is 2.32. The summed E-state index contributed by atoms with van der Waals surface area (Å²) in [6.07, 6.45) is 1.85. The highest BCUT2D eigenvalue weighted by molar-refractivity contribution is 6.32. The largest absolute Gasteiger partial charge is 0.381 e. The predicted octanol–water partition coefficient (Wildman–Crippen LogP) is 5.51. The number of ether oxygens (including phenoxy) is 1. The normalized spacial score (nSPS) is 12.1. The fraction of sp³-hybridized carbons (Fsp3) is 0.625. The van der Waals surface area contributed by atoms with Gasteiger partial charge in [-0.3, -0.25) is 0 Å². The summed E-state index contributed by atoms with van der Waals surface area (Å²) >= 11 is 18.7. The monoisotopic (exact) mass is 336 g/mol. The molecule has 0 atom stereocenters. The van der Waals surface area contributed by atoms with Crippen LogP contribution in [0.15, 0.2) is 24.3 Å². The fourth-order valence-corrected chi connectivity index (χ4v) is 3.21. The standard InChI is InChI=1S/C16H23Cl3O/c1-13(2)7-9-20-10-8-16(11-17,12-18)14-5-3-4-6-15(14)19/h3-6,13H,7-12H2,1-2H3. The molecule has 0 aliphatic carbocycles. The van der Waals surface area contributed by atoms with Crippen LogP contribution in [0.1, 0.15) is 32.3 Å². The van der Waals surface area contributed by atoms with Gasteiger partial charge in [-0.15, -0.1) is 23.2 Å². The van der Waals surface area contributed by atoms with E-state index in [0.717, 1.165) is 30.0 Å². The lowest BCUT2D eigenvalue weighted by Crippen LogP contribution is -2.32. The third kappa shape index (κ3) is 5.11. The molecule has 0 unspecified atom stereocenters. The van der Waals surface area contributed by atoms with Crippen molar-refractivity contribution in [3.8, 4) is 0 Å². The van der Waals surface area contributed by atoms with Crippen molar-refractivity contribution in [2.75, 3.05) is 25.0 Å². The first-order valence-corrected chi connectivity index (χ1v) is 8.45. The van der Waals surface area contributed by atoms with E-state index < -0.39 is 0 Å². The van der Waals surface area contributed by atoms with Crippen LogP contribution < -0.4 is 0 Å². The minimum absolute atomic E-state index is 0.320. The zero-order valence-electron chi connectivity index (χ0n) is 12.2. The molecular formula is C16H23Cl3O. The van der Waals surface area contributed by atoms with Crippen LogP contribution in [0.4, 0.5) is 0 Å². The molecule has 1 nitrogen and oxygen atoms in total. The van der Waals surface area contributed by atoms with E-state index in [1.54, 1.807) is 0 Å². The van der Waals surface area contributed by atoms with E-state index in [9.17, 15) is 0 Å². The summed E-state index contributed by atoms with van der Waals surface area (Å²) < 4.78 is 5.70. The fourth-order valence-electron chi connectivity index (χ4n) is 2.03. The minimum Gasteiger partial charge on any atom is -0.381 e. The molecule has 0 bridgehead atoms. The van der Waals surface area contributed by atoms with E-state index in [2.05, 4.69) is 13.8 Å². The van der Waals surface area contributed by atoms with Gasteiger partial charge in [0, 0.05) is 35.4 Å². The van der Waals surface area contributed by atoms with Crippen molar-refractivity contribution in [2.45, 2.75) is 32.1 Å². The third-order valence-electron chi connectivity index (χ3n) is 3.52. The van der Waals surface area contributed by atoms with Gasteiger partial charge in [0.05, 0.1) is 0 Å². The van der Waals surface area contributed by atoms with Crippen molar-refractivity contribution < 1.29 is 4.74 Å². The Kier molecular flexibility index (Phi) is 8.28. The summed E-state index contributed by atoms with van der Waals surface area (Å²) in [4.78, 5) is 0. The van der Waals surface area contributed by atoms with Crippen molar-refractivity contribution in [3.05, 3.63) is 34.9 Å². The lowest BCUT2D eigenvalue weighted by Gasteiger charge is -2.31. The number of rotatable bonds is 9. The Labute approximate surface area is 137 Å². The topological polar surface area (TPSA) is 9.23 Å². The Bertz CT molecular complexity index is 389. The van der Waals surface area contributed by atoms with E-state index >= 15 is 0 Å². The first-order valence-electron chi connectivity index (χ1n) is 7.00. The van der Waals surface area contributed by atoms with E-state index in [1.807, 2.05) is 24.3 Å². The van der Waals surface area contributed by atoms with Gasteiger partial charge in [-0.1, -0.05) is 43.6 Å². The van der Waals surface area contributed by atoms with Crippen molar-refractivity contribution in [2.24, 2.45) is 5.92 Å². The first-order chi connectivity index (χ1) is 9.55. The number of benzene rings is 1. The van der Waals surface area contributed by atoms with Crippen molar-refractivity contribution in [1.29, 1.82) is 0 Å². The Hall–Kier alpha value is 0.0500.